The number of aromatic hydroxyl groups is 1. The minimum Gasteiger partial charge on any atom is -0.508 e. The SMILES string of the molecule is COC(=O)c1ccc(O)cc1OCC(F)F. The van der Waals surface area contributed by atoms with Crippen LogP contribution in [0.3, 0.4) is 0 Å². The van der Waals surface area contributed by atoms with E-state index in [1.807, 2.05) is 0 Å². The van der Waals surface area contributed by atoms with Crippen molar-refractivity contribution in [2.45, 2.75) is 6.43 Å². The molecule has 16 heavy (non-hydrogen) atoms. The molecule has 0 aliphatic rings. The van der Waals surface area contributed by atoms with E-state index in [9.17, 15) is 13.6 Å². The van der Waals surface area contributed by atoms with E-state index in [-0.39, 0.29) is 17.1 Å². The van der Waals surface area contributed by atoms with Gasteiger partial charge in [-0.25, -0.2) is 13.6 Å². The molecule has 0 amide bonds. The van der Waals surface area contributed by atoms with Gasteiger partial charge in [-0.05, 0) is 12.1 Å². The summed E-state index contributed by atoms with van der Waals surface area (Å²) in [6, 6.07) is 3.55. The predicted octanol–water partition coefficient (Wildman–Crippen LogP) is 1.82. The number of ether oxygens (including phenoxy) is 2. The Morgan fingerprint density at radius 2 is 2.19 bits per heavy atom. The highest BCUT2D eigenvalue weighted by atomic mass is 19.3. The summed E-state index contributed by atoms with van der Waals surface area (Å²) in [6.45, 7) is -0.854. The predicted molar refractivity (Wildman–Crippen MR) is 50.9 cm³/mol. The van der Waals surface area contributed by atoms with Gasteiger partial charge in [0.1, 0.15) is 23.7 Å². The molecule has 6 heteroatoms. The van der Waals surface area contributed by atoms with Crippen molar-refractivity contribution in [1.82, 2.24) is 0 Å². The fourth-order valence-corrected chi connectivity index (χ4v) is 1.06. The summed E-state index contributed by atoms with van der Waals surface area (Å²) < 4.78 is 33.0. The van der Waals surface area contributed by atoms with Gasteiger partial charge in [0.15, 0.2) is 0 Å². The first-order chi connectivity index (χ1) is 7.54. The summed E-state index contributed by atoms with van der Waals surface area (Å²) in [5.41, 5.74) is -0.0130. The number of alkyl halides is 2. The summed E-state index contributed by atoms with van der Waals surface area (Å²) >= 11 is 0. The van der Waals surface area contributed by atoms with Crippen LogP contribution in [0.25, 0.3) is 0 Å². The molecule has 1 rings (SSSR count). The minimum atomic E-state index is -2.66. The zero-order valence-electron chi connectivity index (χ0n) is 8.44. The highest BCUT2D eigenvalue weighted by molar-refractivity contribution is 5.92. The van der Waals surface area contributed by atoms with Crippen molar-refractivity contribution in [2.24, 2.45) is 0 Å². The quantitative estimate of drug-likeness (QED) is 0.804. The first-order valence-electron chi connectivity index (χ1n) is 4.37. The van der Waals surface area contributed by atoms with Crippen LogP contribution in [0.4, 0.5) is 8.78 Å². The van der Waals surface area contributed by atoms with E-state index in [4.69, 9.17) is 9.84 Å². The second-order valence-corrected chi connectivity index (χ2v) is 2.87. The summed E-state index contributed by atoms with van der Waals surface area (Å²) in [7, 11) is 1.16. The average molecular weight is 232 g/mol. The van der Waals surface area contributed by atoms with Gasteiger partial charge in [-0.15, -0.1) is 0 Å². The Morgan fingerprint density at radius 1 is 1.50 bits per heavy atom. The number of rotatable bonds is 4. The molecule has 0 heterocycles. The molecule has 0 aliphatic heterocycles. The molecule has 1 aromatic rings. The molecule has 0 saturated carbocycles. The highest BCUT2D eigenvalue weighted by Crippen LogP contribution is 2.25. The van der Waals surface area contributed by atoms with Crippen LogP contribution in [0, 0.1) is 0 Å². The maximum atomic E-state index is 11.9. The lowest BCUT2D eigenvalue weighted by molar-refractivity contribution is 0.0578. The van der Waals surface area contributed by atoms with Gasteiger partial charge in [0.2, 0.25) is 0 Å². The Hall–Kier alpha value is -1.85. The molecule has 0 aromatic heterocycles. The normalized spacial score (nSPS) is 10.2. The van der Waals surface area contributed by atoms with Crippen LogP contribution < -0.4 is 4.74 Å². The number of benzene rings is 1. The Labute approximate surface area is 90.4 Å². The van der Waals surface area contributed by atoms with Crippen LogP contribution in [0.15, 0.2) is 18.2 Å². The lowest BCUT2D eigenvalue weighted by Gasteiger charge is -2.09. The lowest BCUT2D eigenvalue weighted by atomic mass is 10.2. The molecule has 0 unspecified atom stereocenters. The third-order valence-electron chi connectivity index (χ3n) is 1.74. The van der Waals surface area contributed by atoms with Gasteiger partial charge in [-0.1, -0.05) is 0 Å². The van der Waals surface area contributed by atoms with Crippen molar-refractivity contribution in [3.05, 3.63) is 23.8 Å². The topological polar surface area (TPSA) is 55.8 Å². The molecule has 88 valence electrons. The van der Waals surface area contributed by atoms with Crippen LogP contribution in [-0.4, -0.2) is 31.2 Å². The summed E-state index contributed by atoms with van der Waals surface area (Å²) in [5, 5.41) is 9.14. The third-order valence-corrected chi connectivity index (χ3v) is 1.74. The van der Waals surface area contributed by atoms with Crippen molar-refractivity contribution in [3.8, 4) is 11.5 Å². The van der Waals surface area contributed by atoms with Gasteiger partial charge in [0.05, 0.1) is 7.11 Å². The number of hydrogen-bond donors (Lipinski definition) is 1. The zero-order valence-corrected chi connectivity index (χ0v) is 8.44. The Kier molecular flexibility index (Phi) is 4.04. The fourth-order valence-electron chi connectivity index (χ4n) is 1.06. The van der Waals surface area contributed by atoms with E-state index < -0.39 is 19.0 Å². The maximum Gasteiger partial charge on any atom is 0.341 e. The second-order valence-electron chi connectivity index (χ2n) is 2.87. The van der Waals surface area contributed by atoms with Gasteiger partial charge < -0.3 is 14.6 Å². The van der Waals surface area contributed by atoms with Crippen molar-refractivity contribution in [2.75, 3.05) is 13.7 Å². The van der Waals surface area contributed by atoms with Gasteiger partial charge in [-0.3, -0.25) is 0 Å². The van der Waals surface area contributed by atoms with E-state index >= 15 is 0 Å². The molecular weight excluding hydrogens is 222 g/mol. The zero-order chi connectivity index (χ0) is 12.1. The molecule has 1 N–H and O–H groups in total. The number of phenolic OH excluding ortho intramolecular Hbond substituents is 1. The van der Waals surface area contributed by atoms with Crippen molar-refractivity contribution in [3.63, 3.8) is 0 Å². The monoisotopic (exact) mass is 232 g/mol. The number of carbonyl (C=O) groups is 1. The van der Waals surface area contributed by atoms with E-state index in [0.717, 1.165) is 13.2 Å². The molecule has 1 aromatic carbocycles. The molecule has 0 spiro atoms. The van der Waals surface area contributed by atoms with E-state index in [0.29, 0.717) is 0 Å². The van der Waals surface area contributed by atoms with Crippen molar-refractivity contribution in [1.29, 1.82) is 0 Å². The van der Waals surface area contributed by atoms with Gasteiger partial charge in [0.25, 0.3) is 6.43 Å². The van der Waals surface area contributed by atoms with Gasteiger partial charge >= 0.3 is 5.97 Å². The Bertz CT molecular complexity index is 379. The first kappa shape index (κ1) is 12.2. The molecule has 4 nitrogen and oxygen atoms in total. The van der Waals surface area contributed by atoms with Crippen LogP contribution in [0.1, 0.15) is 10.4 Å². The number of methoxy groups -OCH3 is 1. The van der Waals surface area contributed by atoms with Crippen LogP contribution in [-0.2, 0) is 4.74 Å². The molecule has 0 aliphatic carbocycles. The number of phenols is 1. The van der Waals surface area contributed by atoms with Gasteiger partial charge in [-0.2, -0.15) is 0 Å². The molecule has 0 atom stereocenters. The second kappa shape index (κ2) is 5.29. The highest BCUT2D eigenvalue weighted by Gasteiger charge is 2.15. The number of halogens is 2. The van der Waals surface area contributed by atoms with E-state index in [1.165, 1.54) is 12.1 Å². The first-order valence-corrected chi connectivity index (χ1v) is 4.37. The van der Waals surface area contributed by atoms with Crippen LogP contribution >= 0.6 is 0 Å². The standard InChI is InChI=1S/C10H10F2O4/c1-15-10(14)7-3-2-6(13)4-8(7)16-5-9(11)12/h2-4,9,13H,5H2,1H3. The minimum absolute atomic E-state index is 0.0130. The molecule has 0 fully saturated rings. The summed E-state index contributed by atoms with van der Waals surface area (Å²) in [6.07, 6.45) is -2.66. The van der Waals surface area contributed by atoms with Gasteiger partial charge in [0, 0.05) is 6.07 Å². The van der Waals surface area contributed by atoms with E-state index in [2.05, 4.69) is 4.74 Å². The average Bonchev–Trinajstić information content (AvgIpc) is 2.25. The third kappa shape index (κ3) is 3.08. The maximum absolute atomic E-state index is 11.9. The van der Waals surface area contributed by atoms with E-state index in [1.54, 1.807) is 0 Å². The molecule has 0 bridgehead atoms. The molecular formula is C10H10F2O4. The van der Waals surface area contributed by atoms with Crippen molar-refractivity contribution < 1.29 is 28.2 Å². The number of hydrogen-bond acceptors (Lipinski definition) is 4. The van der Waals surface area contributed by atoms with Crippen LogP contribution in [0.5, 0.6) is 11.5 Å². The summed E-state index contributed by atoms with van der Waals surface area (Å²) in [5.74, 6) is -1.03. The smallest absolute Gasteiger partial charge is 0.341 e. The summed E-state index contributed by atoms with van der Waals surface area (Å²) in [4.78, 5) is 11.2. The fraction of sp³-hybridized carbons (Fsp3) is 0.300. The number of carbonyl (C=O) groups excluding carboxylic acids is 1. The number of esters is 1. The Balaban J connectivity index is 2.94. The largest absolute Gasteiger partial charge is 0.508 e. The molecule has 0 saturated heterocycles. The van der Waals surface area contributed by atoms with Crippen LogP contribution in [0.2, 0.25) is 0 Å². The van der Waals surface area contributed by atoms with Crippen molar-refractivity contribution >= 4 is 5.97 Å². The molecule has 0 radical (unpaired) electrons. The lowest BCUT2D eigenvalue weighted by Crippen LogP contribution is -2.11. The Morgan fingerprint density at radius 3 is 2.75 bits per heavy atom.